The van der Waals surface area contributed by atoms with Crippen molar-refractivity contribution in [1.82, 2.24) is 9.55 Å². The molecule has 2 aromatic rings. The van der Waals surface area contributed by atoms with Crippen molar-refractivity contribution in [3.8, 4) is 0 Å². The number of aryl methyl sites for hydroxylation is 1. The number of benzene rings is 1. The van der Waals surface area contributed by atoms with E-state index in [9.17, 15) is 9.59 Å². The molecule has 0 aliphatic heterocycles. The van der Waals surface area contributed by atoms with Gasteiger partial charge in [-0.2, -0.15) is 0 Å². The van der Waals surface area contributed by atoms with E-state index in [1.54, 1.807) is 0 Å². The normalized spacial score (nSPS) is 12.1. The Bertz CT molecular complexity index is 719. The van der Waals surface area contributed by atoms with Crippen molar-refractivity contribution in [2.45, 2.75) is 25.8 Å². The van der Waals surface area contributed by atoms with Crippen LogP contribution in [-0.4, -0.2) is 15.6 Å². The highest BCUT2D eigenvalue weighted by Gasteiger charge is 2.12. The van der Waals surface area contributed by atoms with Crippen molar-refractivity contribution in [1.29, 1.82) is 0 Å². The van der Waals surface area contributed by atoms with Crippen LogP contribution < -0.4 is 22.3 Å². The van der Waals surface area contributed by atoms with Gasteiger partial charge >= 0.3 is 5.69 Å². The Labute approximate surface area is 122 Å². The number of hydrogen-bond acceptors (Lipinski definition) is 4. The SMILES string of the molecule is CC(CCc1ccccc1)Nc1c(N)n(C)c(=O)[nH]c1=O. The Kier molecular flexibility index (Phi) is 4.47. The van der Waals surface area contributed by atoms with Gasteiger partial charge in [-0.1, -0.05) is 30.3 Å². The van der Waals surface area contributed by atoms with Crippen molar-refractivity contribution in [2.75, 3.05) is 11.1 Å². The average Bonchev–Trinajstić information content (AvgIpc) is 2.48. The molecule has 0 saturated carbocycles. The summed E-state index contributed by atoms with van der Waals surface area (Å²) in [6.45, 7) is 1.98. The first-order valence-electron chi connectivity index (χ1n) is 6.88. The molecule has 112 valence electrons. The summed E-state index contributed by atoms with van der Waals surface area (Å²) in [5, 5.41) is 3.09. The quantitative estimate of drug-likeness (QED) is 0.768. The number of nitrogen functional groups attached to an aromatic ring is 1. The van der Waals surface area contributed by atoms with Gasteiger partial charge in [0.2, 0.25) is 0 Å². The summed E-state index contributed by atoms with van der Waals surface area (Å²) in [5.41, 5.74) is 6.31. The fraction of sp³-hybridized carbons (Fsp3) is 0.333. The summed E-state index contributed by atoms with van der Waals surface area (Å²) < 4.78 is 1.22. The Morgan fingerprint density at radius 2 is 1.95 bits per heavy atom. The lowest BCUT2D eigenvalue weighted by Crippen LogP contribution is -2.34. The molecule has 0 radical (unpaired) electrons. The van der Waals surface area contributed by atoms with Gasteiger partial charge in [0.1, 0.15) is 11.5 Å². The molecular formula is C15H20N4O2. The topological polar surface area (TPSA) is 92.9 Å². The van der Waals surface area contributed by atoms with E-state index in [0.29, 0.717) is 0 Å². The summed E-state index contributed by atoms with van der Waals surface area (Å²) in [7, 11) is 1.52. The number of aromatic nitrogens is 2. The van der Waals surface area contributed by atoms with Crippen LogP contribution in [0.4, 0.5) is 11.5 Å². The number of rotatable bonds is 5. The first-order valence-corrected chi connectivity index (χ1v) is 6.88. The third-order valence-electron chi connectivity index (χ3n) is 3.47. The second kappa shape index (κ2) is 6.30. The molecule has 0 bridgehead atoms. The summed E-state index contributed by atoms with van der Waals surface area (Å²) in [4.78, 5) is 25.5. The van der Waals surface area contributed by atoms with Crippen molar-refractivity contribution >= 4 is 11.5 Å². The Hall–Kier alpha value is -2.50. The molecule has 21 heavy (non-hydrogen) atoms. The van der Waals surface area contributed by atoms with Crippen LogP contribution in [0.5, 0.6) is 0 Å². The molecular weight excluding hydrogens is 268 g/mol. The third-order valence-corrected chi connectivity index (χ3v) is 3.47. The highest BCUT2D eigenvalue weighted by molar-refractivity contribution is 5.60. The summed E-state index contributed by atoms with van der Waals surface area (Å²) >= 11 is 0. The molecule has 1 heterocycles. The third kappa shape index (κ3) is 3.53. The lowest BCUT2D eigenvalue weighted by atomic mass is 10.1. The van der Waals surface area contributed by atoms with Crippen LogP contribution in [0.25, 0.3) is 0 Å². The molecule has 1 aromatic heterocycles. The Morgan fingerprint density at radius 1 is 1.29 bits per heavy atom. The average molecular weight is 288 g/mol. The van der Waals surface area contributed by atoms with Gasteiger partial charge in [-0.05, 0) is 25.3 Å². The van der Waals surface area contributed by atoms with E-state index in [1.165, 1.54) is 17.2 Å². The van der Waals surface area contributed by atoms with Crippen molar-refractivity contribution < 1.29 is 0 Å². The highest BCUT2D eigenvalue weighted by Crippen LogP contribution is 2.13. The van der Waals surface area contributed by atoms with Gasteiger partial charge in [0, 0.05) is 13.1 Å². The van der Waals surface area contributed by atoms with E-state index >= 15 is 0 Å². The second-order valence-corrected chi connectivity index (χ2v) is 5.15. The minimum Gasteiger partial charge on any atom is -0.383 e. The zero-order valence-corrected chi connectivity index (χ0v) is 12.2. The van der Waals surface area contributed by atoms with E-state index in [2.05, 4.69) is 22.4 Å². The van der Waals surface area contributed by atoms with Crippen molar-refractivity contribution in [2.24, 2.45) is 7.05 Å². The molecule has 0 spiro atoms. The Morgan fingerprint density at radius 3 is 2.62 bits per heavy atom. The number of anilines is 2. The number of aromatic amines is 1. The van der Waals surface area contributed by atoms with Crippen LogP contribution in [0, 0.1) is 0 Å². The van der Waals surface area contributed by atoms with Crippen molar-refractivity contribution in [3.63, 3.8) is 0 Å². The van der Waals surface area contributed by atoms with Crippen molar-refractivity contribution in [3.05, 3.63) is 56.7 Å². The fourth-order valence-corrected chi connectivity index (χ4v) is 2.12. The maximum absolute atomic E-state index is 11.8. The van der Waals surface area contributed by atoms with Gasteiger partial charge in [0.15, 0.2) is 0 Å². The maximum Gasteiger partial charge on any atom is 0.329 e. The first kappa shape index (κ1) is 14.9. The summed E-state index contributed by atoms with van der Waals surface area (Å²) in [5.74, 6) is 0.148. The molecule has 0 saturated heterocycles. The van der Waals surface area contributed by atoms with Gasteiger partial charge < -0.3 is 11.1 Å². The van der Waals surface area contributed by atoms with Gasteiger partial charge in [0.05, 0.1) is 0 Å². The lowest BCUT2D eigenvalue weighted by Gasteiger charge is -2.17. The fourth-order valence-electron chi connectivity index (χ4n) is 2.12. The van der Waals surface area contributed by atoms with Crippen LogP contribution in [0.1, 0.15) is 18.9 Å². The van der Waals surface area contributed by atoms with Crippen LogP contribution in [0.15, 0.2) is 39.9 Å². The first-order chi connectivity index (χ1) is 9.99. The van der Waals surface area contributed by atoms with Gasteiger partial charge in [-0.15, -0.1) is 0 Å². The maximum atomic E-state index is 11.8. The summed E-state index contributed by atoms with van der Waals surface area (Å²) in [6, 6.07) is 10.2. The Balaban J connectivity index is 2.07. The molecule has 4 N–H and O–H groups in total. The molecule has 0 fully saturated rings. The predicted molar refractivity (Wildman–Crippen MR) is 84.6 cm³/mol. The minimum absolute atomic E-state index is 0.0612. The molecule has 1 aromatic carbocycles. The molecule has 0 amide bonds. The van der Waals surface area contributed by atoms with Gasteiger partial charge in [-0.3, -0.25) is 14.3 Å². The summed E-state index contributed by atoms with van der Waals surface area (Å²) in [6.07, 6.45) is 1.75. The van der Waals surface area contributed by atoms with Crippen LogP contribution in [-0.2, 0) is 13.5 Å². The largest absolute Gasteiger partial charge is 0.383 e. The number of hydrogen-bond donors (Lipinski definition) is 3. The monoisotopic (exact) mass is 288 g/mol. The number of nitrogens with two attached hydrogens (primary N) is 1. The molecule has 2 rings (SSSR count). The van der Waals surface area contributed by atoms with E-state index in [0.717, 1.165) is 12.8 Å². The van der Waals surface area contributed by atoms with E-state index < -0.39 is 11.2 Å². The van der Waals surface area contributed by atoms with Crippen LogP contribution in [0.2, 0.25) is 0 Å². The smallest absolute Gasteiger partial charge is 0.329 e. The second-order valence-electron chi connectivity index (χ2n) is 5.15. The minimum atomic E-state index is -0.514. The van der Waals surface area contributed by atoms with E-state index in [1.807, 2.05) is 25.1 Å². The number of nitrogens with one attached hydrogen (secondary N) is 2. The highest BCUT2D eigenvalue weighted by atomic mass is 16.2. The molecule has 1 atom stereocenters. The molecule has 6 nitrogen and oxygen atoms in total. The molecule has 0 aliphatic rings. The van der Waals surface area contributed by atoms with Gasteiger partial charge in [0.25, 0.3) is 5.56 Å². The zero-order chi connectivity index (χ0) is 15.4. The molecule has 6 heteroatoms. The van der Waals surface area contributed by atoms with Crippen LogP contribution in [0.3, 0.4) is 0 Å². The van der Waals surface area contributed by atoms with Crippen LogP contribution >= 0.6 is 0 Å². The zero-order valence-electron chi connectivity index (χ0n) is 12.2. The predicted octanol–water partition coefficient (Wildman–Crippen LogP) is 1.09. The van der Waals surface area contributed by atoms with E-state index in [-0.39, 0.29) is 17.5 Å². The lowest BCUT2D eigenvalue weighted by molar-refractivity contribution is 0.700. The number of H-pyrrole nitrogens is 1. The molecule has 1 unspecified atom stereocenters. The van der Waals surface area contributed by atoms with Gasteiger partial charge in [-0.25, -0.2) is 4.79 Å². The van der Waals surface area contributed by atoms with E-state index in [4.69, 9.17) is 5.73 Å². The number of nitrogens with zero attached hydrogens (tertiary/aromatic N) is 1. The standard InChI is InChI=1S/C15H20N4O2/c1-10(8-9-11-6-4-3-5-7-11)17-12-13(16)19(2)15(21)18-14(12)20/h3-7,10,17H,8-9,16H2,1-2H3,(H,18,20,21). The molecule has 0 aliphatic carbocycles.